The molecule has 0 aliphatic heterocycles. The average Bonchev–Trinajstić information content (AvgIpc) is 2.44. The first kappa shape index (κ1) is 16.9. The van der Waals surface area contributed by atoms with Gasteiger partial charge in [0.2, 0.25) is 5.91 Å². The van der Waals surface area contributed by atoms with Crippen LogP contribution in [0.4, 0.5) is 22.7 Å². The highest BCUT2D eigenvalue weighted by molar-refractivity contribution is 5.96. The molecule has 11 heteroatoms. The van der Waals surface area contributed by atoms with E-state index in [1.807, 2.05) is 6.92 Å². The van der Waals surface area contributed by atoms with E-state index in [2.05, 4.69) is 5.32 Å². The molecule has 0 aliphatic rings. The molecule has 11 nitrogen and oxygen atoms in total. The Morgan fingerprint density at radius 2 is 1.55 bits per heavy atom. The van der Waals surface area contributed by atoms with Gasteiger partial charge in [-0.1, -0.05) is 13.3 Å². The lowest BCUT2D eigenvalue weighted by Gasteiger charge is -2.06. The molecule has 0 aromatic heterocycles. The van der Waals surface area contributed by atoms with Crippen molar-refractivity contribution >= 4 is 28.7 Å². The Morgan fingerprint density at radius 3 is 1.91 bits per heavy atom. The molecule has 0 heterocycles. The number of nitro benzene ring substituents is 3. The second-order valence-corrected chi connectivity index (χ2v) is 4.28. The van der Waals surface area contributed by atoms with Gasteiger partial charge in [-0.3, -0.25) is 35.1 Å². The van der Waals surface area contributed by atoms with Gasteiger partial charge in [0.15, 0.2) is 5.69 Å². The van der Waals surface area contributed by atoms with Gasteiger partial charge in [0.1, 0.15) is 0 Å². The third-order valence-corrected chi connectivity index (χ3v) is 2.71. The Labute approximate surface area is 123 Å². The number of hydrogen-bond donors (Lipinski definition) is 1. The van der Waals surface area contributed by atoms with Crippen molar-refractivity contribution in [3.05, 3.63) is 42.5 Å². The van der Waals surface area contributed by atoms with Gasteiger partial charge in [-0.15, -0.1) is 0 Å². The molecule has 0 bridgehead atoms. The molecule has 1 rings (SSSR count). The number of amides is 1. The van der Waals surface area contributed by atoms with E-state index in [0.717, 1.165) is 0 Å². The minimum atomic E-state index is -1.02. The van der Waals surface area contributed by atoms with Crippen molar-refractivity contribution < 1.29 is 19.6 Å². The van der Waals surface area contributed by atoms with E-state index in [1.54, 1.807) is 0 Å². The van der Waals surface area contributed by atoms with Crippen LogP contribution in [0.5, 0.6) is 0 Å². The van der Waals surface area contributed by atoms with Crippen molar-refractivity contribution in [1.82, 2.24) is 0 Å². The molecule has 1 N–H and O–H groups in total. The number of carbonyl (C=O) groups is 1. The maximum Gasteiger partial charge on any atom is 0.306 e. The fourth-order valence-electron chi connectivity index (χ4n) is 1.66. The summed E-state index contributed by atoms with van der Waals surface area (Å²) < 4.78 is 0. The molecule has 0 aliphatic carbocycles. The zero-order chi connectivity index (χ0) is 16.9. The van der Waals surface area contributed by atoms with Crippen LogP contribution in [0, 0.1) is 30.3 Å². The number of nitrogens with one attached hydrogen (secondary N) is 1. The van der Waals surface area contributed by atoms with Gasteiger partial charge in [0.05, 0.1) is 26.9 Å². The van der Waals surface area contributed by atoms with Crippen LogP contribution in [0.1, 0.15) is 26.2 Å². The minimum Gasteiger partial charge on any atom is -0.315 e. The van der Waals surface area contributed by atoms with Crippen LogP contribution in [0.15, 0.2) is 12.1 Å². The van der Waals surface area contributed by atoms with Crippen LogP contribution < -0.4 is 5.32 Å². The molecule has 0 radical (unpaired) electrons. The monoisotopic (exact) mass is 312 g/mol. The van der Waals surface area contributed by atoms with Crippen molar-refractivity contribution in [1.29, 1.82) is 0 Å². The van der Waals surface area contributed by atoms with Gasteiger partial charge >= 0.3 is 11.4 Å². The van der Waals surface area contributed by atoms with Crippen molar-refractivity contribution in [2.24, 2.45) is 0 Å². The topological polar surface area (TPSA) is 159 Å². The van der Waals surface area contributed by atoms with E-state index >= 15 is 0 Å². The lowest BCUT2D eigenvalue weighted by Crippen LogP contribution is -2.14. The third kappa shape index (κ3) is 3.94. The van der Waals surface area contributed by atoms with Gasteiger partial charge in [0, 0.05) is 6.42 Å². The van der Waals surface area contributed by atoms with Gasteiger partial charge < -0.3 is 5.32 Å². The highest BCUT2D eigenvalue weighted by Gasteiger charge is 2.31. The first-order chi connectivity index (χ1) is 10.3. The summed E-state index contributed by atoms with van der Waals surface area (Å²) in [6.07, 6.45) is 1.22. The SMILES string of the molecule is CCCCC(=O)Nc1c([N+](=O)[O-])cc([N+](=O)[O-])cc1[N+](=O)[O-]. The molecule has 0 saturated carbocycles. The number of nitro groups is 3. The molecule has 0 unspecified atom stereocenters. The fraction of sp³-hybridized carbons (Fsp3) is 0.364. The predicted molar refractivity (Wildman–Crippen MR) is 74.6 cm³/mol. The van der Waals surface area contributed by atoms with Crippen molar-refractivity contribution in [2.45, 2.75) is 26.2 Å². The molecular formula is C11H12N4O7. The fourth-order valence-corrected chi connectivity index (χ4v) is 1.66. The molecule has 1 amide bonds. The first-order valence-corrected chi connectivity index (χ1v) is 6.19. The van der Waals surface area contributed by atoms with E-state index in [1.165, 1.54) is 0 Å². The summed E-state index contributed by atoms with van der Waals surface area (Å²) in [5.41, 5.74) is -3.25. The lowest BCUT2D eigenvalue weighted by atomic mass is 10.2. The highest BCUT2D eigenvalue weighted by atomic mass is 16.6. The van der Waals surface area contributed by atoms with Crippen LogP contribution in [0.25, 0.3) is 0 Å². The predicted octanol–water partition coefficient (Wildman–Crippen LogP) is 2.54. The van der Waals surface area contributed by atoms with Crippen molar-refractivity contribution in [3.8, 4) is 0 Å². The standard InChI is InChI=1S/C11H12N4O7/c1-2-3-4-10(16)12-11-8(14(19)20)5-7(13(17)18)6-9(11)15(21)22/h5-6H,2-4H2,1H3,(H,12,16). The largest absolute Gasteiger partial charge is 0.315 e. The van der Waals surface area contributed by atoms with Crippen LogP contribution in [0.2, 0.25) is 0 Å². The summed E-state index contributed by atoms with van der Waals surface area (Å²) in [6, 6.07) is 1.14. The maximum atomic E-state index is 11.6. The van der Waals surface area contributed by atoms with Gasteiger partial charge in [-0.25, -0.2) is 0 Å². The van der Waals surface area contributed by atoms with Gasteiger partial charge in [0.25, 0.3) is 5.69 Å². The summed E-state index contributed by atoms with van der Waals surface area (Å²) in [7, 11) is 0. The Kier molecular flexibility index (Phi) is 5.44. The lowest BCUT2D eigenvalue weighted by molar-refractivity contribution is -0.401. The van der Waals surface area contributed by atoms with E-state index in [-0.39, 0.29) is 6.42 Å². The zero-order valence-corrected chi connectivity index (χ0v) is 11.5. The Balaban J connectivity index is 3.38. The van der Waals surface area contributed by atoms with Crippen molar-refractivity contribution in [3.63, 3.8) is 0 Å². The number of nitrogens with zero attached hydrogens (tertiary/aromatic N) is 3. The van der Waals surface area contributed by atoms with Crippen LogP contribution in [-0.4, -0.2) is 20.7 Å². The van der Waals surface area contributed by atoms with E-state index in [9.17, 15) is 35.1 Å². The van der Waals surface area contributed by atoms with Gasteiger partial charge in [-0.2, -0.15) is 0 Å². The van der Waals surface area contributed by atoms with Gasteiger partial charge in [-0.05, 0) is 6.42 Å². The molecule has 1 aromatic rings. The first-order valence-electron chi connectivity index (χ1n) is 6.19. The second-order valence-electron chi connectivity index (χ2n) is 4.28. The number of hydrogen-bond acceptors (Lipinski definition) is 7. The molecular weight excluding hydrogens is 300 g/mol. The number of rotatable bonds is 7. The molecule has 22 heavy (non-hydrogen) atoms. The van der Waals surface area contributed by atoms with E-state index < -0.39 is 43.4 Å². The summed E-state index contributed by atoms with van der Waals surface area (Å²) >= 11 is 0. The Morgan fingerprint density at radius 1 is 1.05 bits per heavy atom. The molecule has 1 aromatic carbocycles. The number of carbonyl (C=O) groups excluding carboxylic acids is 1. The van der Waals surface area contributed by atoms with E-state index in [0.29, 0.717) is 25.0 Å². The molecule has 0 saturated heterocycles. The summed E-state index contributed by atoms with van der Waals surface area (Å²) in [6.45, 7) is 1.82. The third-order valence-electron chi connectivity index (χ3n) is 2.71. The summed E-state index contributed by atoms with van der Waals surface area (Å²) in [5.74, 6) is -0.637. The normalized spacial score (nSPS) is 10.0. The molecule has 0 fully saturated rings. The number of non-ortho nitro benzene ring substituents is 1. The van der Waals surface area contributed by atoms with Crippen molar-refractivity contribution in [2.75, 3.05) is 5.32 Å². The number of anilines is 1. The molecule has 0 atom stereocenters. The molecule has 0 spiro atoms. The number of unbranched alkanes of at least 4 members (excludes halogenated alkanes) is 1. The van der Waals surface area contributed by atoms with E-state index in [4.69, 9.17) is 0 Å². The van der Waals surface area contributed by atoms with Crippen LogP contribution in [0.3, 0.4) is 0 Å². The molecule has 118 valence electrons. The highest BCUT2D eigenvalue weighted by Crippen LogP contribution is 2.38. The average molecular weight is 312 g/mol. The Hall–Kier alpha value is -3.11. The minimum absolute atomic E-state index is 0.0296. The summed E-state index contributed by atoms with van der Waals surface area (Å²) in [5, 5.41) is 34.7. The quantitative estimate of drug-likeness (QED) is 0.598. The smallest absolute Gasteiger partial charge is 0.306 e. The van der Waals surface area contributed by atoms with Crippen LogP contribution >= 0.6 is 0 Å². The summed E-state index contributed by atoms with van der Waals surface area (Å²) in [4.78, 5) is 41.3. The zero-order valence-electron chi connectivity index (χ0n) is 11.5. The van der Waals surface area contributed by atoms with Crippen LogP contribution in [-0.2, 0) is 4.79 Å². The second kappa shape index (κ2) is 7.06. The number of benzene rings is 1. The Bertz CT molecular complexity index is 608. The maximum absolute atomic E-state index is 11.6.